The molecule has 132 valence electrons. The van der Waals surface area contributed by atoms with Gasteiger partial charge in [0.2, 0.25) is 5.91 Å². The Balaban J connectivity index is 1.60. The molecule has 0 saturated carbocycles. The maximum atomic E-state index is 12.5. The zero-order valence-electron chi connectivity index (χ0n) is 14.8. The van der Waals surface area contributed by atoms with Gasteiger partial charge in [0, 0.05) is 25.3 Å². The molecule has 2 heterocycles. The topological polar surface area (TPSA) is 69.3 Å². The van der Waals surface area contributed by atoms with E-state index in [1.54, 1.807) is 11.0 Å². The summed E-state index contributed by atoms with van der Waals surface area (Å²) in [6, 6.07) is 9.94. The molecule has 25 heavy (non-hydrogen) atoms. The van der Waals surface area contributed by atoms with Gasteiger partial charge in [0.15, 0.2) is 0 Å². The van der Waals surface area contributed by atoms with Crippen LogP contribution < -0.4 is 0 Å². The average Bonchev–Trinajstić information content (AvgIpc) is 3.05. The average molecular weight is 340 g/mol. The molecule has 0 atom stereocenters. The molecule has 1 N–H and O–H groups in total. The number of rotatable bonds is 5. The van der Waals surface area contributed by atoms with E-state index < -0.39 is 0 Å². The van der Waals surface area contributed by atoms with Gasteiger partial charge in [0.05, 0.1) is 0 Å². The number of nitrogens with zero attached hydrogens (tertiary/aromatic N) is 3. The van der Waals surface area contributed by atoms with Crippen LogP contribution in [-0.2, 0) is 17.8 Å². The minimum atomic E-state index is -0.179. The maximum Gasteiger partial charge on any atom is 0.274 e. The van der Waals surface area contributed by atoms with Crippen molar-refractivity contribution in [2.75, 3.05) is 19.6 Å². The Labute approximate surface area is 147 Å². The molecule has 0 radical (unpaired) electrons. The number of aromatic amines is 1. The molecule has 0 bridgehead atoms. The van der Waals surface area contributed by atoms with Gasteiger partial charge < -0.3 is 9.80 Å². The lowest BCUT2D eigenvalue weighted by Gasteiger charge is -2.34. The van der Waals surface area contributed by atoms with Crippen LogP contribution in [0.5, 0.6) is 0 Å². The van der Waals surface area contributed by atoms with E-state index in [4.69, 9.17) is 0 Å². The lowest BCUT2D eigenvalue weighted by Crippen LogP contribution is -2.51. The van der Waals surface area contributed by atoms with Crippen molar-refractivity contribution in [2.45, 2.75) is 33.2 Å². The molecule has 1 aliphatic heterocycles. The highest BCUT2D eigenvalue weighted by Crippen LogP contribution is 2.13. The van der Waals surface area contributed by atoms with Crippen molar-refractivity contribution in [1.82, 2.24) is 20.0 Å². The number of nitrogens with one attached hydrogen (secondary N) is 1. The van der Waals surface area contributed by atoms with Gasteiger partial charge >= 0.3 is 0 Å². The first-order valence-electron chi connectivity index (χ1n) is 8.73. The van der Waals surface area contributed by atoms with E-state index in [0.717, 1.165) is 24.1 Å². The van der Waals surface area contributed by atoms with Gasteiger partial charge in [-0.05, 0) is 25.0 Å². The molecular weight excluding hydrogens is 316 g/mol. The first-order chi connectivity index (χ1) is 12.1. The van der Waals surface area contributed by atoms with Gasteiger partial charge in [-0.25, -0.2) is 0 Å². The van der Waals surface area contributed by atoms with Crippen LogP contribution in [-0.4, -0.2) is 51.4 Å². The number of hydrogen-bond acceptors (Lipinski definition) is 3. The fraction of sp³-hybridized carbons (Fsp3) is 0.421. The van der Waals surface area contributed by atoms with Crippen LogP contribution in [0.3, 0.4) is 0 Å². The molecule has 1 aliphatic rings. The minimum absolute atomic E-state index is 0.0228. The third kappa shape index (κ3) is 4.07. The highest BCUT2D eigenvalue weighted by atomic mass is 16.2. The number of piperazine rings is 1. The van der Waals surface area contributed by atoms with Crippen LogP contribution in [0.4, 0.5) is 0 Å². The molecule has 2 aromatic rings. The molecule has 1 aromatic heterocycles. The second-order valence-electron chi connectivity index (χ2n) is 6.56. The van der Waals surface area contributed by atoms with Crippen molar-refractivity contribution in [3.63, 3.8) is 0 Å². The second kappa shape index (κ2) is 7.51. The predicted molar refractivity (Wildman–Crippen MR) is 95.1 cm³/mol. The van der Waals surface area contributed by atoms with E-state index in [2.05, 4.69) is 23.2 Å². The van der Waals surface area contributed by atoms with Gasteiger partial charge in [-0.15, -0.1) is 0 Å². The van der Waals surface area contributed by atoms with E-state index in [0.29, 0.717) is 25.3 Å². The quantitative estimate of drug-likeness (QED) is 0.907. The zero-order valence-corrected chi connectivity index (χ0v) is 14.8. The summed E-state index contributed by atoms with van der Waals surface area (Å²) in [7, 11) is 0. The maximum absolute atomic E-state index is 12.5. The highest BCUT2D eigenvalue weighted by Gasteiger charge is 2.28. The number of carbonyl (C=O) groups excluding carboxylic acids is 2. The lowest BCUT2D eigenvalue weighted by molar-refractivity contribution is -0.135. The number of aryl methyl sites for hydroxylation is 2. The summed E-state index contributed by atoms with van der Waals surface area (Å²) in [4.78, 5) is 28.4. The van der Waals surface area contributed by atoms with E-state index >= 15 is 0 Å². The third-order valence-electron chi connectivity index (χ3n) is 4.43. The number of benzene rings is 1. The fourth-order valence-corrected chi connectivity index (χ4v) is 3.11. The summed E-state index contributed by atoms with van der Waals surface area (Å²) in [6.45, 7) is 5.90. The van der Waals surface area contributed by atoms with Crippen LogP contribution in [0.1, 0.15) is 40.7 Å². The van der Waals surface area contributed by atoms with Gasteiger partial charge in [0.25, 0.3) is 5.91 Å². The minimum Gasteiger partial charge on any atom is -0.335 e. The number of aromatic nitrogens is 2. The summed E-state index contributed by atoms with van der Waals surface area (Å²) < 4.78 is 0. The summed E-state index contributed by atoms with van der Waals surface area (Å²) in [5.41, 5.74) is 3.64. The summed E-state index contributed by atoms with van der Waals surface area (Å²) in [5, 5.41) is 6.98. The van der Waals surface area contributed by atoms with Crippen molar-refractivity contribution in [1.29, 1.82) is 0 Å². The predicted octanol–water partition coefficient (Wildman–Crippen LogP) is 2.16. The largest absolute Gasteiger partial charge is 0.335 e. The van der Waals surface area contributed by atoms with Crippen molar-refractivity contribution in [3.05, 3.63) is 52.8 Å². The number of H-pyrrole nitrogens is 1. The molecule has 6 heteroatoms. The van der Waals surface area contributed by atoms with Gasteiger partial charge in [-0.2, -0.15) is 5.10 Å². The molecule has 1 aromatic carbocycles. The molecule has 3 rings (SSSR count). The van der Waals surface area contributed by atoms with Crippen LogP contribution in [0.25, 0.3) is 0 Å². The van der Waals surface area contributed by atoms with Crippen LogP contribution in [0, 0.1) is 6.92 Å². The Morgan fingerprint density at radius 1 is 1.28 bits per heavy atom. The van der Waals surface area contributed by atoms with Crippen molar-refractivity contribution < 1.29 is 9.59 Å². The van der Waals surface area contributed by atoms with E-state index in [1.165, 1.54) is 5.56 Å². The molecule has 0 unspecified atom stereocenters. The van der Waals surface area contributed by atoms with E-state index in [1.807, 2.05) is 30.0 Å². The normalized spacial score (nSPS) is 14.9. The van der Waals surface area contributed by atoms with Crippen molar-refractivity contribution in [2.24, 2.45) is 0 Å². The Morgan fingerprint density at radius 2 is 2.12 bits per heavy atom. The molecule has 1 fully saturated rings. The Kier molecular flexibility index (Phi) is 5.16. The SMILES string of the molecule is CCCc1cc(C(=O)N2CCN(Cc3cccc(C)c3)C(=O)C2)n[nH]1. The fourth-order valence-electron chi connectivity index (χ4n) is 3.11. The molecular formula is C19H24N4O2. The second-order valence-corrected chi connectivity index (χ2v) is 6.56. The third-order valence-corrected chi connectivity index (χ3v) is 4.43. The summed E-state index contributed by atoms with van der Waals surface area (Å²) in [5.74, 6) is -0.201. The van der Waals surface area contributed by atoms with Crippen LogP contribution in [0.15, 0.2) is 30.3 Å². The first kappa shape index (κ1) is 17.2. The van der Waals surface area contributed by atoms with E-state index in [9.17, 15) is 9.59 Å². The van der Waals surface area contributed by atoms with Crippen LogP contribution in [0.2, 0.25) is 0 Å². The molecule has 0 spiro atoms. The Bertz CT molecular complexity index is 768. The molecule has 0 aliphatic carbocycles. The van der Waals surface area contributed by atoms with Crippen molar-refractivity contribution >= 4 is 11.8 Å². The van der Waals surface area contributed by atoms with Gasteiger partial charge in [0.1, 0.15) is 12.2 Å². The molecule has 6 nitrogen and oxygen atoms in total. The molecule has 1 saturated heterocycles. The van der Waals surface area contributed by atoms with Crippen molar-refractivity contribution in [3.8, 4) is 0 Å². The van der Waals surface area contributed by atoms with Gasteiger partial charge in [-0.1, -0.05) is 43.2 Å². The van der Waals surface area contributed by atoms with E-state index in [-0.39, 0.29) is 18.4 Å². The lowest BCUT2D eigenvalue weighted by atomic mass is 10.1. The smallest absolute Gasteiger partial charge is 0.274 e. The Hall–Kier alpha value is -2.63. The molecule has 2 amide bonds. The Morgan fingerprint density at radius 3 is 2.84 bits per heavy atom. The zero-order chi connectivity index (χ0) is 17.8. The number of hydrogen-bond donors (Lipinski definition) is 1. The number of carbonyl (C=O) groups is 2. The standard InChI is InChI=1S/C19H24N4O2/c1-3-5-16-11-17(21-20-16)19(25)23-9-8-22(18(24)13-23)12-15-7-4-6-14(2)10-15/h4,6-7,10-11H,3,5,8-9,12-13H2,1-2H3,(H,20,21). The summed E-state index contributed by atoms with van der Waals surface area (Å²) >= 11 is 0. The monoisotopic (exact) mass is 340 g/mol. The first-order valence-corrected chi connectivity index (χ1v) is 8.73. The van der Waals surface area contributed by atoms with Crippen LogP contribution >= 0.6 is 0 Å². The number of amides is 2. The summed E-state index contributed by atoms with van der Waals surface area (Å²) in [6.07, 6.45) is 1.86. The van der Waals surface area contributed by atoms with Gasteiger partial charge in [-0.3, -0.25) is 14.7 Å². The highest BCUT2D eigenvalue weighted by molar-refractivity contribution is 5.95.